The van der Waals surface area contributed by atoms with E-state index in [1.54, 1.807) is 0 Å². The molecule has 0 bridgehead atoms. The van der Waals surface area contributed by atoms with E-state index in [9.17, 15) is 4.79 Å². The van der Waals surface area contributed by atoms with Crippen molar-refractivity contribution in [2.45, 2.75) is 19.8 Å². The molecule has 1 heterocycles. The molecule has 2 rings (SSSR count). The van der Waals surface area contributed by atoms with E-state index in [1.165, 1.54) is 0 Å². The van der Waals surface area contributed by atoms with E-state index >= 15 is 0 Å². The van der Waals surface area contributed by atoms with Crippen LogP contribution >= 0.6 is 15.9 Å². The molecule has 0 aliphatic carbocycles. The van der Waals surface area contributed by atoms with Crippen LogP contribution in [0.15, 0.2) is 33.5 Å². The van der Waals surface area contributed by atoms with E-state index in [-0.39, 0.29) is 5.56 Å². The lowest BCUT2D eigenvalue weighted by atomic mass is 10.1. The van der Waals surface area contributed by atoms with Crippen molar-refractivity contribution < 1.29 is 0 Å². The number of halogens is 1. The molecular formula is C13H14BrN3O. The lowest BCUT2D eigenvalue weighted by Gasteiger charge is -2.06. The highest BCUT2D eigenvalue weighted by Crippen LogP contribution is 2.18. The van der Waals surface area contributed by atoms with E-state index in [2.05, 4.69) is 25.9 Å². The largest absolute Gasteiger partial charge is 0.383 e. The Morgan fingerprint density at radius 2 is 2.11 bits per heavy atom. The summed E-state index contributed by atoms with van der Waals surface area (Å²) in [6.45, 7) is 1.88. The predicted octanol–water partition coefficient (Wildman–Crippen LogP) is 2.27. The van der Waals surface area contributed by atoms with Crippen LogP contribution in [-0.2, 0) is 12.8 Å². The number of nitrogens with zero attached hydrogens (tertiary/aromatic N) is 1. The second kappa shape index (κ2) is 5.35. The Morgan fingerprint density at radius 3 is 2.72 bits per heavy atom. The molecule has 0 amide bonds. The van der Waals surface area contributed by atoms with Crippen LogP contribution in [-0.4, -0.2) is 9.97 Å². The molecular weight excluding hydrogens is 294 g/mol. The summed E-state index contributed by atoms with van der Waals surface area (Å²) in [5.74, 6) is 0.907. The summed E-state index contributed by atoms with van der Waals surface area (Å²) >= 11 is 3.47. The maximum atomic E-state index is 11.8. The van der Waals surface area contributed by atoms with Crippen molar-refractivity contribution in [3.05, 3.63) is 56.0 Å². The molecule has 0 aliphatic rings. The topological polar surface area (TPSA) is 71.8 Å². The fourth-order valence-electron chi connectivity index (χ4n) is 1.81. The molecule has 5 heteroatoms. The third-order valence-corrected chi connectivity index (χ3v) is 3.54. The Balaban J connectivity index is 2.37. The minimum atomic E-state index is -0.146. The Labute approximate surface area is 113 Å². The zero-order chi connectivity index (χ0) is 13.1. The first-order valence-electron chi connectivity index (χ1n) is 5.72. The summed E-state index contributed by atoms with van der Waals surface area (Å²) in [6.07, 6.45) is 1.13. The molecule has 3 N–H and O–H groups in total. The van der Waals surface area contributed by atoms with Crippen molar-refractivity contribution >= 4 is 21.7 Å². The summed E-state index contributed by atoms with van der Waals surface area (Å²) in [5.41, 5.74) is 7.24. The van der Waals surface area contributed by atoms with Crippen LogP contribution in [0, 0.1) is 0 Å². The van der Waals surface area contributed by atoms with Crippen LogP contribution in [0.3, 0.4) is 0 Å². The monoisotopic (exact) mass is 307 g/mol. The molecule has 18 heavy (non-hydrogen) atoms. The van der Waals surface area contributed by atoms with Gasteiger partial charge in [-0.3, -0.25) is 4.79 Å². The number of nitrogens with one attached hydrogen (secondary N) is 1. The van der Waals surface area contributed by atoms with Crippen LogP contribution < -0.4 is 11.3 Å². The van der Waals surface area contributed by atoms with Crippen molar-refractivity contribution in [1.29, 1.82) is 0 Å². The van der Waals surface area contributed by atoms with Crippen molar-refractivity contribution in [2.24, 2.45) is 0 Å². The van der Waals surface area contributed by atoms with E-state index in [4.69, 9.17) is 5.73 Å². The lowest BCUT2D eigenvalue weighted by Crippen LogP contribution is -2.19. The summed E-state index contributed by atoms with van der Waals surface area (Å²) in [7, 11) is 0. The van der Waals surface area contributed by atoms with Gasteiger partial charge in [0, 0.05) is 10.9 Å². The molecule has 1 aromatic carbocycles. The predicted molar refractivity (Wildman–Crippen MR) is 75.6 cm³/mol. The number of hydrogen-bond donors (Lipinski definition) is 2. The minimum Gasteiger partial charge on any atom is -0.383 e. The number of nitrogens with two attached hydrogens (primary N) is 1. The maximum Gasteiger partial charge on any atom is 0.256 e. The molecule has 0 unspecified atom stereocenters. The minimum absolute atomic E-state index is 0.146. The quantitative estimate of drug-likeness (QED) is 0.913. The highest BCUT2D eigenvalue weighted by molar-refractivity contribution is 9.10. The molecule has 0 fully saturated rings. The number of aromatic nitrogens is 2. The van der Waals surface area contributed by atoms with Gasteiger partial charge in [-0.25, -0.2) is 4.98 Å². The Hall–Kier alpha value is -1.62. The number of nitrogen functional groups attached to an aromatic ring is 1. The molecule has 2 aromatic rings. The Bertz CT molecular complexity index is 622. The zero-order valence-electron chi connectivity index (χ0n) is 10.0. The summed E-state index contributed by atoms with van der Waals surface area (Å²) < 4.78 is 0.991. The number of hydrogen-bond acceptors (Lipinski definition) is 3. The first-order chi connectivity index (χ1) is 8.61. The molecule has 0 spiro atoms. The van der Waals surface area contributed by atoms with Crippen LogP contribution in [0.1, 0.15) is 23.9 Å². The molecule has 4 nitrogen and oxygen atoms in total. The number of rotatable bonds is 3. The smallest absolute Gasteiger partial charge is 0.256 e. The lowest BCUT2D eigenvalue weighted by molar-refractivity contribution is 0.914. The van der Waals surface area contributed by atoms with Gasteiger partial charge in [-0.2, -0.15) is 0 Å². The second-order valence-corrected chi connectivity index (χ2v) is 4.85. The maximum absolute atomic E-state index is 11.8. The third kappa shape index (κ3) is 2.61. The van der Waals surface area contributed by atoms with Crippen molar-refractivity contribution in [3.8, 4) is 0 Å². The molecule has 0 radical (unpaired) electrons. The fraction of sp³-hybridized carbons (Fsp3) is 0.231. The van der Waals surface area contributed by atoms with Gasteiger partial charge in [0.15, 0.2) is 0 Å². The highest BCUT2D eigenvalue weighted by atomic mass is 79.9. The summed E-state index contributed by atoms with van der Waals surface area (Å²) in [4.78, 5) is 18.8. The second-order valence-electron chi connectivity index (χ2n) is 4.00. The van der Waals surface area contributed by atoms with Gasteiger partial charge in [0.1, 0.15) is 11.6 Å². The normalized spacial score (nSPS) is 10.6. The van der Waals surface area contributed by atoms with Crippen molar-refractivity contribution in [2.75, 3.05) is 5.73 Å². The average Bonchev–Trinajstić information content (AvgIpc) is 2.32. The molecule has 0 saturated carbocycles. The van der Waals surface area contributed by atoms with Gasteiger partial charge >= 0.3 is 0 Å². The molecule has 0 saturated heterocycles. The molecule has 94 valence electrons. The first-order valence-corrected chi connectivity index (χ1v) is 6.52. The van der Waals surface area contributed by atoms with Gasteiger partial charge in [-0.15, -0.1) is 0 Å². The molecule has 1 aromatic heterocycles. The summed E-state index contributed by atoms with van der Waals surface area (Å²) in [5, 5.41) is 0. The average molecular weight is 308 g/mol. The van der Waals surface area contributed by atoms with Gasteiger partial charge in [-0.1, -0.05) is 41.1 Å². The Morgan fingerprint density at radius 1 is 1.39 bits per heavy atom. The number of H-pyrrole nitrogens is 1. The van der Waals surface area contributed by atoms with Gasteiger partial charge in [0.2, 0.25) is 0 Å². The van der Waals surface area contributed by atoms with E-state index in [0.29, 0.717) is 30.0 Å². The number of benzene rings is 1. The zero-order valence-corrected chi connectivity index (χ0v) is 11.6. The van der Waals surface area contributed by atoms with Crippen molar-refractivity contribution in [1.82, 2.24) is 9.97 Å². The van der Waals surface area contributed by atoms with Gasteiger partial charge in [0.05, 0.1) is 5.56 Å². The van der Waals surface area contributed by atoms with Gasteiger partial charge < -0.3 is 10.7 Å². The van der Waals surface area contributed by atoms with Gasteiger partial charge in [0.25, 0.3) is 5.56 Å². The van der Waals surface area contributed by atoms with E-state index in [0.717, 1.165) is 10.0 Å². The number of aromatic amines is 1. The van der Waals surface area contributed by atoms with Gasteiger partial charge in [-0.05, 0) is 18.1 Å². The number of anilines is 1. The third-order valence-electron chi connectivity index (χ3n) is 2.77. The fourth-order valence-corrected chi connectivity index (χ4v) is 2.24. The van der Waals surface area contributed by atoms with Crippen LogP contribution in [0.25, 0.3) is 0 Å². The van der Waals surface area contributed by atoms with E-state index < -0.39 is 0 Å². The van der Waals surface area contributed by atoms with E-state index in [1.807, 2.05) is 31.2 Å². The van der Waals surface area contributed by atoms with Crippen LogP contribution in [0.4, 0.5) is 5.82 Å². The standard InChI is InChI=1S/C13H14BrN3O/c1-2-9-12(15)16-11(17-13(9)18)7-8-5-3-4-6-10(8)14/h3-6H,2,7H2,1H3,(H3,15,16,17,18). The molecule has 0 aliphatic heterocycles. The first kappa shape index (κ1) is 12.8. The van der Waals surface area contributed by atoms with Crippen LogP contribution in [0.2, 0.25) is 0 Å². The van der Waals surface area contributed by atoms with Crippen LogP contribution in [0.5, 0.6) is 0 Å². The highest BCUT2D eigenvalue weighted by Gasteiger charge is 2.08. The Kier molecular flexibility index (Phi) is 3.81. The summed E-state index contributed by atoms with van der Waals surface area (Å²) in [6, 6.07) is 7.82. The van der Waals surface area contributed by atoms with Crippen molar-refractivity contribution in [3.63, 3.8) is 0 Å². The SMILES string of the molecule is CCc1c(N)nc(Cc2ccccc2Br)[nH]c1=O. The molecule has 0 atom stereocenters.